The van der Waals surface area contributed by atoms with E-state index < -0.39 is 35.3 Å². The van der Waals surface area contributed by atoms with Crippen LogP contribution < -0.4 is 0 Å². The minimum atomic E-state index is -4.90. The van der Waals surface area contributed by atoms with Crippen molar-refractivity contribution in [1.29, 1.82) is 0 Å². The number of carbonyl (C=O) groups is 1. The fourth-order valence-corrected chi connectivity index (χ4v) is 1.57. The molecule has 21 heavy (non-hydrogen) atoms. The average Bonchev–Trinajstić information content (AvgIpc) is 2.85. The molecule has 0 fully saturated rings. The minimum absolute atomic E-state index is 0.102. The molecule has 0 saturated heterocycles. The highest BCUT2D eigenvalue weighted by Gasteiger charge is 2.42. The predicted octanol–water partition coefficient (Wildman–Crippen LogP) is 3.68. The Labute approximate surface area is 116 Å². The van der Waals surface area contributed by atoms with Crippen molar-refractivity contribution in [3.05, 3.63) is 41.5 Å². The molecule has 0 bridgehead atoms. The van der Waals surface area contributed by atoms with E-state index in [1.165, 1.54) is 19.1 Å². The Morgan fingerprint density at radius 2 is 1.90 bits per heavy atom. The van der Waals surface area contributed by atoms with Gasteiger partial charge in [0, 0.05) is 5.56 Å². The average molecular weight is 303 g/mol. The molecule has 8 heteroatoms. The molecule has 112 valence electrons. The summed E-state index contributed by atoms with van der Waals surface area (Å²) in [6, 6.07) is 4.46. The second-order valence-corrected chi connectivity index (χ2v) is 3.92. The molecule has 0 N–H and O–H groups in total. The van der Waals surface area contributed by atoms with E-state index in [1.807, 2.05) is 0 Å². The number of aromatic nitrogens is 1. The van der Waals surface area contributed by atoms with Gasteiger partial charge < -0.3 is 9.15 Å². The Morgan fingerprint density at radius 1 is 1.29 bits per heavy atom. The lowest BCUT2D eigenvalue weighted by molar-refractivity contribution is -0.153. The number of oxazole rings is 1. The van der Waals surface area contributed by atoms with Crippen LogP contribution in [0.15, 0.2) is 28.7 Å². The number of benzene rings is 1. The minimum Gasteiger partial charge on any atom is -0.461 e. The molecule has 2 aromatic rings. The number of ether oxygens (including phenoxy) is 1. The number of esters is 1. The molecule has 0 radical (unpaired) electrons. The molecule has 4 nitrogen and oxygen atoms in total. The van der Waals surface area contributed by atoms with Crippen LogP contribution in [0.1, 0.15) is 23.2 Å². The van der Waals surface area contributed by atoms with Gasteiger partial charge in [-0.2, -0.15) is 13.2 Å². The molecule has 0 atom stereocenters. The zero-order valence-electron chi connectivity index (χ0n) is 10.7. The second kappa shape index (κ2) is 5.55. The number of nitrogens with zero attached hydrogens (tertiary/aromatic N) is 1. The summed E-state index contributed by atoms with van der Waals surface area (Å²) >= 11 is 0. The summed E-state index contributed by atoms with van der Waals surface area (Å²) < 4.78 is 60.4. The van der Waals surface area contributed by atoms with E-state index in [9.17, 15) is 22.4 Å². The maximum Gasteiger partial charge on any atom is 0.452 e. The molecule has 1 aromatic carbocycles. The fraction of sp³-hybridized carbons (Fsp3) is 0.231. The van der Waals surface area contributed by atoms with E-state index >= 15 is 0 Å². The van der Waals surface area contributed by atoms with Crippen LogP contribution >= 0.6 is 0 Å². The van der Waals surface area contributed by atoms with Crippen molar-refractivity contribution in [2.45, 2.75) is 13.1 Å². The Kier molecular flexibility index (Phi) is 3.97. The van der Waals surface area contributed by atoms with E-state index in [0.717, 1.165) is 12.1 Å². The van der Waals surface area contributed by atoms with Crippen molar-refractivity contribution in [2.24, 2.45) is 0 Å². The van der Waals surface area contributed by atoms with Crippen LogP contribution in [-0.2, 0) is 10.9 Å². The standard InChI is InChI=1S/C13H9F4NO3/c1-2-20-12(19)9-10(13(15,16)17)21-11(18-9)7-3-5-8(14)6-4-7/h3-6H,2H2,1H3. The van der Waals surface area contributed by atoms with E-state index in [2.05, 4.69) is 14.1 Å². The molecule has 1 aromatic heterocycles. The molecule has 0 spiro atoms. The highest BCUT2D eigenvalue weighted by atomic mass is 19.4. The maximum absolute atomic E-state index is 12.8. The monoisotopic (exact) mass is 303 g/mol. The van der Waals surface area contributed by atoms with E-state index in [0.29, 0.717) is 0 Å². The van der Waals surface area contributed by atoms with Crippen molar-refractivity contribution in [3.8, 4) is 11.5 Å². The van der Waals surface area contributed by atoms with Gasteiger partial charge in [-0.05, 0) is 31.2 Å². The largest absolute Gasteiger partial charge is 0.461 e. The van der Waals surface area contributed by atoms with Gasteiger partial charge in [-0.3, -0.25) is 0 Å². The summed E-state index contributed by atoms with van der Waals surface area (Å²) in [7, 11) is 0. The highest BCUT2D eigenvalue weighted by Crippen LogP contribution is 2.35. The number of hydrogen-bond acceptors (Lipinski definition) is 4. The van der Waals surface area contributed by atoms with Gasteiger partial charge in [0.15, 0.2) is 5.69 Å². The number of alkyl halides is 3. The van der Waals surface area contributed by atoms with Gasteiger partial charge in [0.05, 0.1) is 6.61 Å². The zero-order chi connectivity index (χ0) is 15.6. The van der Waals surface area contributed by atoms with Crippen LogP contribution in [-0.4, -0.2) is 17.6 Å². The van der Waals surface area contributed by atoms with Gasteiger partial charge in [0.2, 0.25) is 11.7 Å². The summed E-state index contributed by atoms with van der Waals surface area (Å²) in [4.78, 5) is 15.0. The van der Waals surface area contributed by atoms with Gasteiger partial charge in [-0.1, -0.05) is 0 Å². The summed E-state index contributed by atoms with van der Waals surface area (Å²) in [6.07, 6.45) is -4.90. The molecule has 0 aliphatic heterocycles. The van der Waals surface area contributed by atoms with Gasteiger partial charge in [0.1, 0.15) is 5.82 Å². The predicted molar refractivity (Wildman–Crippen MR) is 62.9 cm³/mol. The van der Waals surface area contributed by atoms with Crippen LogP contribution in [0.3, 0.4) is 0 Å². The third kappa shape index (κ3) is 3.21. The summed E-state index contributed by atoms with van der Waals surface area (Å²) in [5.41, 5.74) is -0.846. The maximum atomic E-state index is 12.8. The summed E-state index contributed by atoms with van der Waals surface area (Å²) in [6.45, 7) is 1.35. The van der Waals surface area contributed by atoms with Crippen LogP contribution in [0.5, 0.6) is 0 Å². The van der Waals surface area contributed by atoms with Crippen LogP contribution in [0.4, 0.5) is 17.6 Å². The SMILES string of the molecule is CCOC(=O)c1nc(-c2ccc(F)cc2)oc1C(F)(F)F. The first-order valence-corrected chi connectivity index (χ1v) is 5.84. The first kappa shape index (κ1) is 15.0. The number of rotatable bonds is 3. The smallest absolute Gasteiger partial charge is 0.452 e. The quantitative estimate of drug-likeness (QED) is 0.641. The first-order valence-electron chi connectivity index (χ1n) is 5.84. The molecule has 0 unspecified atom stereocenters. The van der Waals surface area contributed by atoms with Crippen LogP contribution in [0.25, 0.3) is 11.5 Å². The van der Waals surface area contributed by atoms with Crippen molar-refractivity contribution >= 4 is 5.97 Å². The Hall–Kier alpha value is -2.38. The number of carbonyl (C=O) groups excluding carboxylic acids is 1. The Morgan fingerprint density at radius 3 is 2.43 bits per heavy atom. The van der Waals surface area contributed by atoms with Gasteiger partial charge in [0.25, 0.3) is 0 Å². The fourth-order valence-electron chi connectivity index (χ4n) is 1.57. The van der Waals surface area contributed by atoms with Gasteiger partial charge in [-0.15, -0.1) is 0 Å². The third-order valence-electron chi connectivity index (χ3n) is 2.44. The van der Waals surface area contributed by atoms with E-state index in [-0.39, 0.29) is 12.2 Å². The molecule has 0 aliphatic carbocycles. The second-order valence-electron chi connectivity index (χ2n) is 3.92. The van der Waals surface area contributed by atoms with Crippen LogP contribution in [0.2, 0.25) is 0 Å². The van der Waals surface area contributed by atoms with Crippen LogP contribution in [0, 0.1) is 5.82 Å². The normalized spacial score (nSPS) is 11.5. The Balaban J connectivity index is 2.50. The van der Waals surface area contributed by atoms with Crippen molar-refractivity contribution in [3.63, 3.8) is 0 Å². The molecule has 2 rings (SSSR count). The third-order valence-corrected chi connectivity index (χ3v) is 2.44. The molecule has 0 aliphatic rings. The topological polar surface area (TPSA) is 52.3 Å². The lowest BCUT2D eigenvalue weighted by Crippen LogP contribution is -2.13. The molecule has 0 saturated carbocycles. The van der Waals surface area contributed by atoms with Crippen molar-refractivity contribution < 1.29 is 31.5 Å². The van der Waals surface area contributed by atoms with Crippen molar-refractivity contribution in [1.82, 2.24) is 4.98 Å². The molecule has 0 amide bonds. The highest BCUT2D eigenvalue weighted by molar-refractivity contribution is 5.89. The Bertz CT molecular complexity index is 646. The molecular formula is C13H9F4NO3. The van der Waals surface area contributed by atoms with E-state index in [4.69, 9.17) is 0 Å². The number of hydrogen-bond donors (Lipinski definition) is 0. The van der Waals surface area contributed by atoms with Crippen molar-refractivity contribution in [2.75, 3.05) is 6.61 Å². The molecule has 1 heterocycles. The summed E-state index contributed by atoms with van der Waals surface area (Å²) in [5.74, 6) is -3.78. The summed E-state index contributed by atoms with van der Waals surface area (Å²) in [5, 5.41) is 0. The van der Waals surface area contributed by atoms with Gasteiger partial charge >= 0.3 is 12.1 Å². The van der Waals surface area contributed by atoms with Gasteiger partial charge in [-0.25, -0.2) is 14.2 Å². The lowest BCUT2D eigenvalue weighted by atomic mass is 10.2. The lowest BCUT2D eigenvalue weighted by Gasteiger charge is -2.03. The first-order chi connectivity index (χ1) is 9.82. The molecular weight excluding hydrogens is 294 g/mol. The number of halogens is 4. The van der Waals surface area contributed by atoms with E-state index in [1.54, 1.807) is 0 Å². The zero-order valence-corrected chi connectivity index (χ0v) is 10.7.